The van der Waals surface area contributed by atoms with E-state index >= 15 is 0 Å². The lowest BCUT2D eigenvalue weighted by Gasteiger charge is -2.26. The van der Waals surface area contributed by atoms with Crippen molar-refractivity contribution in [3.63, 3.8) is 0 Å². The Labute approximate surface area is 150 Å². The van der Waals surface area contributed by atoms with Gasteiger partial charge in [-0.1, -0.05) is 42.5 Å². The highest BCUT2D eigenvalue weighted by Crippen LogP contribution is 2.23. The Hall–Kier alpha value is -3.19. The zero-order chi connectivity index (χ0) is 19.2. The zero-order valence-electron chi connectivity index (χ0n) is 14.2. The average Bonchev–Trinajstić information content (AvgIpc) is 2.66. The van der Waals surface area contributed by atoms with Gasteiger partial charge in [0.15, 0.2) is 0 Å². The van der Waals surface area contributed by atoms with Gasteiger partial charge in [0.05, 0.1) is 5.56 Å². The normalized spacial score (nSPS) is 12.7. The lowest BCUT2D eigenvalue weighted by molar-refractivity contribution is -0.148. The van der Waals surface area contributed by atoms with Gasteiger partial charge in [-0.25, -0.2) is 10.3 Å². The average molecular weight is 356 g/mol. The van der Waals surface area contributed by atoms with Gasteiger partial charge in [-0.15, -0.1) is 0 Å². The number of nitrogens with one attached hydrogen (secondary N) is 2. The predicted octanol–water partition coefficient (Wildman–Crippen LogP) is 1.76. The summed E-state index contributed by atoms with van der Waals surface area (Å²) in [4.78, 5) is 35.6. The molecular formula is C19H20N2O5. The van der Waals surface area contributed by atoms with E-state index < -0.39 is 23.2 Å². The van der Waals surface area contributed by atoms with Crippen molar-refractivity contribution in [2.24, 2.45) is 5.41 Å². The molecule has 2 rings (SSSR count). The molecule has 4 N–H and O–H groups in total. The fourth-order valence-corrected chi connectivity index (χ4v) is 2.53. The molecular weight excluding hydrogens is 336 g/mol. The van der Waals surface area contributed by atoms with Gasteiger partial charge in [0.1, 0.15) is 5.41 Å². The first-order valence-electron chi connectivity index (χ1n) is 7.96. The maximum atomic E-state index is 12.6. The van der Waals surface area contributed by atoms with Crippen LogP contribution in [0.1, 0.15) is 28.4 Å². The molecule has 0 saturated heterocycles. The lowest BCUT2D eigenvalue weighted by atomic mass is 9.81. The standard InChI is InChI=1S/C19H20N2O5/c1-19(18(25)21-26,11-13-5-3-2-4-6-13)17(24)20-12-14-7-9-15(10-8-14)16(22)23/h2-10,26H,11-12H2,1H3,(H,20,24)(H,21,25)(H,22,23)/t19-/m0/s1. The van der Waals surface area contributed by atoms with E-state index in [0.717, 1.165) is 5.56 Å². The first-order chi connectivity index (χ1) is 12.4. The van der Waals surface area contributed by atoms with E-state index in [1.165, 1.54) is 19.1 Å². The molecule has 0 spiro atoms. The Kier molecular flexibility index (Phi) is 6.08. The predicted molar refractivity (Wildman–Crippen MR) is 93.4 cm³/mol. The van der Waals surface area contributed by atoms with Crippen molar-refractivity contribution in [3.05, 3.63) is 71.3 Å². The molecule has 0 saturated carbocycles. The van der Waals surface area contributed by atoms with Crippen molar-refractivity contribution < 1.29 is 24.7 Å². The Balaban J connectivity index is 2.11. The van der Waals surface area contributed by atoms with Gasteiger partial charge in [-0.05, 0) is 36.6 Å². The number of amides is 2. The quantitative estimate of drug-likeness (QED) is 0.343. The molecule has 0 aliphatic heterocycles. The SMILES string of the molecule is C[C@@](Cc1ccccc1)(C(=O)NO)C(=O)NCc1ccc(C(=O)O)cc1. The van der Waals surface area contributed by atoms with E-state index in [2.05, 4.69) is 5.32 Å². The summed E-state index contributed by atoms with van der Waals surface area (Å²) in [6.07, 6.45) is 0.115. The molecule has 0 radical (unpaired) electrons. The summed E-state index contributed by atoms with van der Waals surface area (Å²) in [6.45, 7) is 1.58. The van der Waals surface area contributed by atoms with E-state index in [4.69, 9.17) is 10.3 Å². The fourth-order valence-electron chi connectivity index (χ4n) is 2.53. The summed E-state index contributed by atoms with van der Waals surface area (Å²) in [5.74, 6) is -2.38. The van der Waals surface area contributed by atoms with E-state index in [0.29, 0.717) is 5.56 Å². The minimum absolute atomic E-state index is 0.115. The topological polar surface area (TPSA) is 116 Å². The van der Waals surface area contributed by atoms with Crippen LogP contribution in [0.3, 0.4) is 0 Å². The van der Waals surface area contributed by atoms with Gasteiger partial charge in [-0.2, -0.15) is 0 Å². The van der Waals surface area contributed by atoms with Gasteiger partial charge < -0.3 is 10.4 Å². The van der Waals surface area contributed by atoms with E-state index in [1.54, 1.807) is 41.9 Å². The number of aromatic carboxylic acids is 1. The summed E-state index contributed by atoms with van der Waals surface area (Å²) < 4.78 is 0. The first-order valence-corrected chi connectivity index (χ1v) is 7.96. The summed E-state index contributed by atoms with van der Waals surface area (Å²) in [7, 11) is 0. The molecule has 7 heteroatoms. The molecule has 0 aromatic heterocycles. The van der Waals surface area contributed by atoms with Crippen LogP contribution in [0.15, 0.2) is 54.6 Å². The summed E-state index contributed by atoms with van der Waals surface area (Å²) in [5.41, 5.74) is 1.67. The Morgan fingerprint density at radius 3 is 2.08 bits per heavy atom. The van der Waals surface area contributed by atoms with E-state index in [-0.39, 0.29) is 18.5 Å². The molecule has 0 bridgehead atoms. The van der Waals surface area contributed by atoms with Crippen LogP contribution in [-0.2, 0) is 22.6 Å². The van der Waals surface area contributed by atoms with Crippen molar-refractivity contribution in [2.45, 2.75) is 19.9 Å². The molecule has 0 unspecified atom stereocenters. The van der Waals surface area contributed by atoms with Crippen LogP contribution in [0.25, 0.3) is 0 Å². The number of benzene rings is 2. The summed E-state index contributed by atoms with van der Waals surface area (Å²) in [6, 6.07) is 15.1. The molecule has 0 aliphatic rings. The summed E-state index contributed by atoms with van der Waals surface area (Å²) >= 11 is 0. The van der Waals surface area contributed by atoms with Crippen molar-refractivity contribution in [3.8, 4) is 0 Å². The number of carboxylic acids is 1. The van der Waals surface area contributed by atoms with Crippen LogP contribution in [0, 0.1) is 5.41 Å². The molecule has 2 amide bonds. The van der Waals surface area contributed by atoms with Gasteiger partial charge >= 0.3 is 5.97 Å². The molecule has 0 fully saturated rings. The molecule has 0 heterocycles. The van der Waals surface area contributed by atoms with E-state index in [9.17, 15) is 14.4 Å². The van der Waals surface area contributed by atoms with Crippen molar-refractivity contribution in [1.82, 2.24) is 10.8 Å². The maximum Gasteiger partial charge on any atom is 0.335 e. The highest BCUT2D eigenvalue weighted by atomic mass is 16.5. The number of hydroxylamine groups is 1. The van der Waals surface area contributed by atoms with Crippen LogP contribution in [0.2, 0.25) is 0 Å². The first kappa shape index (κ1) is 19.1. The third kappa shape index (κ3) is 4.46. The monoisotopic (exact) mass is 356 g/mol. The minimum Gasteiger partial charge on any atom is -0.478 e. The molecule has 2 aromatic rings. The van der Waals surface area contributed by atoms with Crippen LogP contribution in [-0.4, -0.2) is 28.1 Å². The second-order valence-corrected chi connectivity index (χ2v) is 6.12. The lowest BCUT2D eigenvalue weighted by Crippen LogP contribution is -2.50. The fraction of sp³-hybridized carbons (Fsp3) is 0.211. The van der Waals surface area contributed by atoms with Crippen LogP contribution >= 0.6 is 0 Å². The molecule has 7 nitrogen and oxygen atoms in total. The molecule has 136 valence electrons. The highest BCUT2D eigenvalue weighted by Gasteiger charge is 2.41. The van der Waals surface area contributed by atoms with Crippen molar-refractivity contribution in [1.29, 1.82) is 0 Å². The number of carboxylic acid groups (broad SMARTS) is 1. The largest absolute Gasteiger partial charge is 0.478 e. The van der Waals surface area contributed by atoms with Crippen molar-refractivity contribution >= 4 is 17.8 Å². The van der Waals surface area contributed by atoms with Crippen LogP contribution < -0.4 is 10.8 Å². The summed E-state index contributed by atoms with van der Waals surface area (Å²) in [5, 5.41) is 20.6. The van der Waals surface area contributed by atoms with Gasteiger partial charge in [-0.3, -0.25) is 14.8 Å². The van der Waals surface area contributed by atoms with E-state index in [1.807, 2.05) is 6.07 Å². The Morgan fingerprint density at radius 1 is 0.923 bits per heavy atom. The number of carbonyl (C=O) groups is 3. The minimum atomic E-state index is -1.50. The molecule has 1 atom stereocenters. The highest BCUT2D eigenvalue weighted by molar-refractivity contribution is 6.04. The molecule has 2 aromatic carbocycles. The smallest absolute Gasteiger partial charge is 0.335 e. The zero-order valence-corrected chi connectivity index (χ0v) is 14.2. The third-order valence-electron chi connectivity index (χ3n) is 4.16. The second kappa shape index (κ2) is 8.26. The van der Waals surface area contributed by atoms with Gasteiger partial charge in [0, 0.05) is 6.54 Å². The molecule has 26 heavy (non-hydrogen) atoms. The Morgan fingerprint density at radius 2 is 1.54 bits per heavy atom. The molecule has 0 aliphatic carbocycles. The third-order valence-corrected chi connectivity index (χ3v) is 4.16. The Bertz CT molecular complexity index is 789. The number of hydrogen-bond acceptors (Lipinski definition) is 4. The van der Waals surface area contributed by atoms with Gasteiger partial charge in [0.25, 0.3) is 5.91 Å². The number of carbonyl (C=O) groups excluding carboxylic acids is 2. The van der Waals surface area contributed by atoms with Crippen molar-refractivity contribution in [2.75, 3.05) is 0 Å². The van der Waals surface area contributed by atoms with Gasteiger partial charge in [0.2, 0.25) is 5.91 Å². The van der Waals surface area contributed by atoms with Crippen LogP contribution in [0.4, 0.5) is 0 Å². The maximum absolute atomic E-state index is 12.6. The van der Waals surface area contributed by atoms with Crippen LogP contribution in [0.5, 0.6) is 0 Å². The second-order valence-electron chi connectivity index (χ2n) is 6.12. The number of hydrogen-bond donors (Lipinski definition) is 4. The number of rotatable bonds is 7.